The summed E-state index contributed by atoms with van der Waals surface area (Å²) in [5, 5.41) is 0. The maximum absolute atomic E-state index is 5.33. The van der Waals surface area contributed by atoms with Crippen LogP contribution in [-0.4, -0.2) is 15.0 Å². The largest absolute Gasteiger partial charge is 0.208 e. The summed E-state index contributed by atoms with van der Waals surface area (Å²) < 4.78 is 0. The van der Waals surface area contributed by atoms with E-state index in [2.05, 4.69) is 123 Å². The summed E-state index contributed by atoms with van der Waals surface area (Å²) in [4.78, 5) is 15.7. The molecule has 238 valence electrons. The highest BCUT2D eigenvalue weighted by atomic mass is 15.0. The second-order valence-corrected chi connectivity index (χ2v) is 16.1. The van der Waals surface area contributed by atoms with Crippen LogP contribution >= 0.6 is 0 Å². The first kappa shape index (κ1) is 28.0. The van der Waals surface area contributed by atoms with E-state index in [1.165, 1.54) is 65.5 Å². The molecular formula is C46H39N3. The van der Waals surface area contributed by atoms with Crippen LogP contribution in [0.25, 0.3) is 56.4 Å². The van der Waals surface area contributed by atoms with Crippen molar-refractivity contribution < 1.29 is 0 Å². The Kier molecular flexibility index (Phi) is 5.63. The Balaban J connectivity index is 1.12. The molecule has 0 radical (unpaired) electrons. The Labute approximate surface area is 288 Å². The van der Waals surface area contributed by atoms with E-state index >= 15 is 0 Å². The highest BCUT2D eigenvalue weighted by Gasteiger charge is 2.61. The molecule has 0 amide bonds. The summed E-state index contributed by atoms with van der Waals surface area (Å²) >= 11 is 0. The van der Waals surface area contributed by atoms with Crippen LogP contribution in [-0.2, 0) is 10.8 Å². The van der Waals surface area contributed by atoms with Crippen LogP contribution in [0, 0.1) is 23.7 Å². The van der Waals surface area contributed by atoms with Gasteiger partial charge in [0.1, 0.15) is 0 Å². The molecule has 0 saturated heterocycles. The number of fused-ring (bicyclic) bond motifs is 6. The predicted molar refractivity (Wildman–Crippen MR) is 197 cm³/mol. The van der Waals surface area contributed by atoms with Crippen molar-refractivity contribution >= 4 is 0 Å². The van der Waals surface area contributed by atoms with E-state index in [0.717, 1.165) is 52.0 Å². The van der Waals surface area contributed by atoms with Gasteiger partial charge in [0.25, 0.3) is 0 Å². The first-order valence-corrected chi connectivity index (χ1v) is 18.3. The Morgan fingerprint density at radius 3 is 1.78 bits per heavy atom. The molecule has 1 heterocycles. The van der Waals surface area contributed by atoms with E-state index in [9.17, 15) is 0 Å². The lowest BCUT2D eigenvalue weighted by atomic mass is 9.43. The predicted octanol–water partition coefficient (Wildman–Crippen LogP) is 10.9. The van der Waals surface area contributed by atoms with Crippen molar-refractivity contribution in [2.24, 2.45) is 23.7 Å². The van der Waals surface area contributed by atoms with Gasteiger partial charge in [-0.1, -0.05) is 123 Å². The average molecular weight is 634 g/mol. The van der Waals surface area contributed by atoms with E-state index in [-0.39, 0.29) is 10.8 Å². The minimum atomic E-state index is -0.0959. The second-order valence-electron chi connectivity index (χ2n) is 16.1. The molecule has 0 atom stereocenters. The second kappa shape index (κ2) is 9.85. The van der Waals surface area contributed by atoms with Crippen molar-refractivity contribution in [2.75, 3.05) is 0 Å². The molecule has 5 aromatic carbocycles. The topological polar surface area (TPSA) is 38.7 Å². The van der Waals surface area contributed by atoms with Crippen molar-refractivity contribution in [3.8, 4) is 56.4 Å². The number of rotatable bonds is 3. The summed E-state index contributed by atoms with van der Waals surface area (Å²) in [7, 11) is 0. The smallest absolute Gasteiger partial charge is 0.164 e. The highest BCUT2D eigenvalue weighted by molar-refractivity contribution is 5.91. The molecule has 1 spiro atoms. The fraction of sp³-hybridized carbons (Fsp3) is 0.283. The summed E-state index contributed by atoms with van der Waals surface area (Å²) in [6.45, 7) is 4.66. The Bertz CT molecular complexity index is 2310. The van der Waals surface area contributed by atoms with Crippen LogP contribution in [0.1, 0.15) is 68.2 Å². The zero-order valence-corrected chi connectivity index (χ0v) is 28.2. The van der Waals surface area contributed by atoms with Crippen molar-refractivity contribution in [2.45, 2.75) is 56.8 Å². The monoisotopic (exact) mass is 633 g/mol. The first-order valence-electron chi connectivity index (χ1n) is 18.3. The number of benzene rings is 5. The lowest BCUT2D eigenvalue weighted by Gasteiger charge is -2.61. The van der Waals surface area contributed by atoms with E-state index in [1.54, 1.807) is 11.1 Å². The van der Waals surface area contributed by atoms with Gasteiger partial charge in [-0.25, -0.2) is 15.0 Å². The van der Waals surface area contributed by atoms with Gasteiger partial charge in [0.15, 0.2) is 17.5 Å². The Morgan fingerprint density at radius 2 is 1.02 bits per heavy atom. The molecule has 3 heteroatoms. The number of aromatic nitrogens is 3. The molecule has 6 aliphatic rings. The molecule has 6 aromatic rings. The van der Waals surface area contributed by atoms with Gasteiger partial charge in [-0.15, -0.1) is 0 Å². The first-order chi connectivity index (χ1) is 24.0. The Morgan fingerprint density at radius 1 is 0.449 bits per heavy atom. The zero-order chi connectivity index (χ0) is 32.5. The number of hydrogen-bond donors (Lipinski definition) is 0. The van der Waals surface area contributed by atoms with E-state index in [0.29, 0.717) is 5.82 Å². The summed E-state index contributed by atoms with van der Waals surface area (Å²) in [5.74, 6) is 5.53. The normalized spacial score (nSPS) is 26.0. The molecule has 0 aliphatic heterocycles. The third kappa shape index (κ3) is 3.71. The summed E-state index contributed by atoms with van der Waals surface area (Å²) in [6, 6.07) is 42.4. The van der Waals surface area contributed by atoms with Gasteiger partial charge in [0.2, 0.25) is 0 Å². The summed E-state index contributed by atoms with van der Waals surface area (Å²) in [6.07, 6.45) is 7.03. The van der Waals surface area contributed by atoms with Crippen molar-refractivity contribution in [3.63, 3.8) is 0 Å². The lowest BCUT2D eigenvalue weighted by Crippen LogP contribution is -2.55. The van der Waals surface area contributed by atoms with Gasteiger partial charge < -0.3 is 0 Å². The number of hydrogen-bond acceptors (Lipinski definition) is 3. The van der Waals surface area contributed by atoms with E-state index in [4.69, 9.17) is 15.0 Å². The maximum Gasteiger partial charge on any atom is 0.164 e. The molecule has 4 fully saturated rings. The molecule has 0 N–H and O–H groups in total. The van der Waals surface area contributed by atoms with Crippen LogP contribution in [0.4, 0.5) is 0 Å². The van der Waals surface area contributed by atoms with Crippen LogP contribution < -0.4 is 0 Å². The molecule has 4 bridgehead atoms. The van der Waals surface area contributed by atoms with Crippen molar-refractivity contribution in [3.05, 3.63) is 138 Å². The molecule has 6 aliphatic carbocycles. The zero-order valence-electron chi connectivity index (χ0n) is 28.2. The average Bonchev–Trinajstić information content (AvgIpc) is 3.56. The van der Waals surface area contributed by atoms with E-state index < -0.39 is 0 Å². The van der Waals surface area contributed by atoms with Crippen LogP contribution in [0.15, 0.2) is 115 Å². The maximum atomic E-state index is 5.33. The van der Waals surface area contributed by atoms with Gasteiger partial charge in [0, 0.05) is 27.5 Å². The quantitative estimate of drug-likeness (QED) is 0.195. The van der Waals surface area contributed by atoms with Crippen molar-refractivity contribution in [1.29, 1.82) is 0 Å². The Hall–Kier alpha value is -4.89. The SMILES string of the molecule is CC1(C)c2ccccc2-c2c(-c3nc(-c4ccccc4)nc(-c4ccc5c(c4)-c4ccccc4C54C5CC6CC(C5)CC4C6)n3)cccc21. The fourth-order valence-corrected chi connectivity index (χ4v) is 11.6. The van der Waals surface area contributed by atoms with Crippen LogP contribution in [0.2, 0.25) is 0 Å². The lowest BCUT2D eigenvalue weighted by molar-refractivity contribution is -0.0399. The summed E-state index contributed by atoms with van der Waals surface area (Å²) in [5.41, 5.74) is 14.3. The van der Waals surface area contributed by atoms with Gasteiger partial charge in [-0.3, -0.25) is 0 Å². The molecule has 49 heavy (non-hydrogen) atoms. The van der Waals surface area contributed by atoms with Gasteiger partial charge in [0.05, 0.1) is 0 Å². The van der Waals surface area contributed by atoms with Gasteiger partial charge >= 0.3 is 0 Å². The molecular weight excluding hydrogens is 595 g/mol. The highest BCUT2D eigenvalue weighted by Crippen LogP contribution is 2.69. The molecule has 12 rings (SSSR count). The molecule has 4 saturated carbocycles. The minimum absolute atomic E-state index is 0.0959. The third-order valence-electron chi connectivity index (χ3n) is 13.3. The minimum Gasteiger partial charge on any atom is -0.208 e. The fourth-order valence-electron chi connectivity index (χ4n) is 11.6. The molecule has 0 unspecified atom stereocenters. The van der Waals surface area contributed by atoms with Gasteiger partial charge in [-0.05, 0) is 106 Å². The van der Waals surface area contributed by atoms with Crippen LogP contribution in [0.3, 0.4) is 0 Å². The molecule has 3 nitrogen and oxygen atoms in total. The molecule has 1 aromatic heterocycles. The van der Waals surface area contributed by atoms with E-state index in [1.807, 2.05) is 6.07 Å². The third-order valence-corrected chi connectivity index (χ3v) is 13.3. The van der Waals surface area contributed by atoms with Crippen molar-refractivity contribution in [1.82, 2.24) is 15.0 Å². The number of nitrogens with zero attached hydrogens (tertiary/aromatic N) is 3. The van der Waals surface area contributed by atoms with Gasteiger partial charge in [-0.2, -0.15) is 0 Å². The standard InChI is InChI=1S/C46H39N3/c1-45(2)37-16-8-7-14-34(37)41-35(15-10-18-40(41)45)44-48-42(29-11-4-3-5-12-29)47-43(49-44)30-19-20-39-36(26-30)33-13-6-9-17-38(33)46(39)31-22-27-21-28(24-31)25-32(46)23-27/h3-20,26-28,31-32H,21-25H2,1-2H3. The van der Waals surface area contributed by atoms with Crippen LogP contribution in [0.5, 0.6) is 0 Å².